The van der Waals surface area contributed by atoms with Crippen LogP contribution >= 0.6 is 0 Å². The molecule has 0 unspecified atom stereocenters. The number of carbonyl (C=O) groups excluding carboxylic acids is 1. The summed E-state index contributed by atoms with van der Waals surface area (Å²) in [5.41, 5.74) is 1.04. The number of amides is 1. The molecule has 1 heterocycles. The molecule has 0 bridgehead atoms. The van der Waals surface area contributed by atoms with E-state index in [0.29, 0.717) is 17.3 Å². The van der Waals surface area contributed by atoms with Gasteiger partial charge in [0, 0.05) is 0 Å². The summed E-state index contributed by atoms with van der Waals surface area (Å²) in [5.74, 6) is 0.307. The van der Waals surface area contributed by atoms with E-state index in [9.17, 15) is 4.79 Å². The molecule has 2 rings (SSSR count). The van der Waals surface area contributed by atoms with Crippen LogP contribution in [0.25, 0.3) is 0 Å². The summed E-state index contributed by atoms with van der Waals surface area (Å²) in [6, 6.07) is 9.98. The first-order valence-electron chi connectivity index (χ1n) is 6.57. The van der Waals surface area contributed by atoms with Gasteiger partial charge in [-0.25, -0.2) is 0 Å². The van der Waals surface area contributed by atoms with Gasteiger partial charge in [0.25, 0.3) is 0 Å². The van der Waals surface area contributed by atoms with E-state index in [2.05, 4.69) is 29.4 Å². The van der Waals surface area contributed by atoms with Gasteiger partial charge in [-0.15, -0.1) is 0 Å². The van der Waals surface area contributed by atoms with Gasteiger partial charge < -0.3 is 0 Å². The van der Waals surface area contributed by atoms with Crippen LogP contribution in [0.4, 0.5) is 0 Å². The van der Waals surface area contributed by atoms with Gasteiger partial charge in [0.2, 0.25) is 0 Å². The van der Waals surface area contributed by atoms with Crippen LogP contribution in [0.1, 0.15) is 32.3 Å². The van der Waals surface area contributed by atoms with Crippen LogP contribution in [-0.4, -0.2) is 43.8 Å². The van der Waals surface area contributed by atoms with Crippen LogP contribution in [0.2, 0.25) is 0 Å². The number of rotatable bonds is 3. The molecule has 0 saturated carbocycles. The van der Waals surface area contributed by atoms with Crippen molar-refractivity contribution >= 4 is 26.2 Å². The number of carbonyl (C=O) groups is 1. The Bertz CT molecular complexity index is 472. The SMILES string of the molecule is CC(C)[C@H]1COC(=[Se])N1C(=O)[C@@H](C)c1ccccc1. The summed E-state index contributed by atoms with van der Waals surface area (Å²) in [6.45, 7) is 6.74. The molecule has 0 aliphatic carbocycles. The zero-order valence-corrected chi connectivity index (χ0v) is 13.2. The molecule has 1 aromatic carbocycles. The molecule has 1 aromatic rings. The second-order valence-corrected chi connectivity index (χ2v) is 5.96. The van der Waals surface area contributed by atoms with Crippen LogP contribution < -0.4 is 0 Å². The van der Waals surface area contributed by atoms with Crippen LogP contribution in [0.5, 0.6) is 0 Å². The Morgan fingerprint density at radius 3 is 2.53 bits per heavy atom. The van der Waals surface area contributed by atoms with Gasteiger partial charge in [0.05, 0.1) is 0 Å². The van der Waals surface area contributed by atoms with Crippen molar-refractivity contribution in [1.82, 2.24) is 4.90 Å². The molecule has 1 saturated heterocycles. The number of hydrogen-bond donors (Lipinski definition) is 0. The van der Waals surface area contributed by atoms with Crippen molar-refractivity contribution < 1.29 is 9.53 Å². The van der Waals surface area contributed by atoms with Gasteiger partial charge in [0.15, 0.2) is 0 Å². The number of nitrogens with zero attached hydrogens (tertiary/aromatic N) is 1. The average Bonchev–Trinajstić information content (AvgIpc) is 2.80. The summed E-state index contributed by atoms with van der Waals surface area (Å²) < 4.78 is 6.12. The first kappa shape index (κ1) is 14.3. The van der Waals surface area contributed by atoms with E-state index >= 15 is 0 Å². The molecule has 3 nitrogen and oxygen atoms in total. The fourth-order valence-corrected chi connectivity index (χ4v) is 2.89. The Morgan fingerprint density at radius 2 is 1.95 bits per heavy atom. The first-order chi connectivity index (χ1) is 9.02. The van der Waals surface area contributed by atoms with Gasteiger partial charge in [-0.2, -0.15) is 0 Å². The summed E-state index contributed by atoms with van der Waals surface area (Å²) in [4.78, 5) is 14.5. The Morgan fingerprint density at radius 1 is 1.32 bits per heavy atom. The molecular weight excluding hydrogens is 305 g/mol. The maximum absolute atomic E-state index is 12.7. The molecule has 19 heavy (non-hydrogen) atoms. The summed E-state index contributed by atoms with van der Waals surface area (Å²) in [5, 5.41) is 0. The normalized spacial score (nSPS) is 20.5. The zero-order chi connectivity index (χ0) is 14.0. The summed E-state index contributed by atoms with van der Waals surface area (Å²) in [7, 11) is 0. The van der Waals surface area contributed by atoms with E-state index in [1.54, 1.807) is 4.90 Å². The van der Waals surface area contributed by atoms with E-state index in [-0.39, 0.29) is 17.9 Å². The minimum absolute atomic E-state index is 0.0937. The molecule has 1 fully saturated rings. The van der Waals surface area contributed by atoms with Crippen LogP contribution in [0, 0.1) is 5.92 Å². The Hall–Kier alpha value is -1.12. The van der Waals surface area contributed by atoms with Crippen molar-refractivity contribution in [2.24, 2.45) is 5.92 Å². The maximum atomic E-state index is 12.7. The van der Waals surface area contributed by atoms with Crippen LogP contribution in [0.3, 0.4) is 0 Å². The Kier molecular flexibility index (Phi) is 4.43. The third-order valence-electron chi connectivity index (χ3n) is 3.58. The van der Waals surface area contributed by atoms with Crippen LogP contribution in [-0.2, 0) is 9.53 Å². The second kappa shape index (κ2) is 5.89. The van der Waals surface area contributed by atoms with E-state index < -0.39 is 0 Å². The van der Waals surface area contributed by atoms with Gasteiger partial charge in [-0.3, -0.25) is 0 Å². The molecule has 1 aliphatic heterocycles. The topological polar surface area (TPSA) is 29.5 Å². The quantitative estimate of drug-likeness (QED) is 0.795. The van der Waals surface area contributed by atoms with Gasteiger partial charge >= 0.3 is 122 Å². The number of benzene rings is 1. The predicted molar refractivity (Wildman–Crippen MR) is 77.0 cm³/mol. The summed E-state index contributed by atoms with van der Waals surface area (Å²) >= 11 is 2.86. The van der Waals surface area contributed by atoms with E-state index in [1.165, 1.54) is 0 Å². The van der Waals surface area contributed by atoms with Crippen molar-refractivity contribution in [2.75, 3.05) is 6.61 Å². The molecular formula is C15H19NO2Se. The molecule has 0 spiro atoms. The molecule has 1 aliphatic rings. The second-order valence-electron chi connectivity index (χ2n) is 5.23. The van der Waals surface area contributed by atoms with Crippen molar-refractivity contribution in [3.63, 3.8) is 0 Å². The van der Waals surface area contributed by atoms with Crippen molar-refractivity contribution in [3.8, 4) is 0 Å². The zero-order valence-electron chi connectivity index (χ0n) is 11.5. The van der Waals surface area contributed by atoms with Gasteiger partial charge in [-0.05, 0) is 0 Å². The Labute approximate surface area is 122 Å². The molecule has 0 radical (unpaired) electrons. The molecule has 102 valence electrons. The molecule has 2 atom stereocenters. The minimum atomic E-state index is -0.160. The van der Waals surface area contributed by atoms with Crippen molar-refractivity contribution in [3.05, 3.63) is 35.9 Å². The predicted octanol–water partition coefficient (Wildman–Crippen LogP) is 1.93. The molecule has 0 N–H and O–H groups in total. The molecule has 0 aromatic heterocycles. The monoisotopic (exact) mass is 325 g/mol. The number of hydrogen-bond acceptors (Lipinski definition) is 2. The third kappa shape index (κ3) is 2.90. The van der Waals surface area contributed by atoms with E-state index in [4.69, 9.17) is 4.74 Å². The van der Waals surface area contributed by atoms with Gasteiger partial charge in [-0.1, -0.05) is 0 Å². The van der Waals surface area contributed by atoms with E-state index in [1.807, 2.05) is 37.3 Å². The van der Waals surface area contributed by atoms with Crippen molar-refractivity contribution in [1.29, 1.82) is 0 Å². The standard InChI is InChI=1S/C15H19NO2Se/c1-10(2)13-9-18-15(19)16(13)14(17)11(3)12-7-5-4-6-8-12/h4-8,10-11,13H,9H2,1-3H3/t11-,13+/m0/s1. The first-order valence-corrected chi connectivity index (χ1v) is 7.42. The van der Waals surface area contributed by atoms with Crippen LogP contribution in [0.15, 0.2) is 30.3 Å². The fraction of sp³-hybridized carbons (Fsp3) is 0.467. The fourth-order valence-electron chi connectivity index (χ4n) is 2.27. The molecule has 4 heteroatoms. The average molecular weight is 324 g/mol. The van der Waals surface area contributed by atoms with E-state index in [0.717, 1.165) is 5.56 Å². The molecule has 1 amide bonds. The van der Waals surface area contributed by atoms with Gasteiger partial charge in [0.1, 0.15) is 0 Å². The van der Waals surface area contributed by atoms with Crippen molar-refractivity contribution in [2.45, 2.75) is 32.7 Å². The number of ether oxygens (including phenoxy) is 1. The Balaban J connectivity index is 2.21. The summed E-state index contributed by atoms with van der Waals surface area (Å²) in [6.07, 6.45) is 0. The third-order valence-corrected chi connectivity index (χ3v) is 4.24.